The van der Waals surface area contributed by atoms with Crippen molar-refractivity contribution in [1.82, 2.24) is 15.3 Å². The zero-order valence-corrected chi connectivity index (χ0v) is 11.4. The van der Waals surface area contributed by atoms with Crippen molar-refractivity contribution >= 4 is 0 Å². The van der Waals surface area contributed by atoms with Gasteiger partial charge < -0.3 is 10.3 Å². The molecule has 1 atom stereocenters. The minimum absolute atomic E-state index is 0.400. The molecule has 0 amide bonds. The van der Waals surface area contributed by atoms with Gasteiger partial charge in [-0.1, -0.05) is 43.7 Å². The van der Waals surface area contributed by atoms with Crippen LogP contribution in [0.2, 0.25) is 0 Å². The second kappa shape index (κ2) is 5.57. The van der Waals surface area contributed by atoms with Crippen molar-refractivity contribution in [2.45, 2.75) is 38.6 Å². The van der Waals surface area contributed by atoms with Crippen LogP contribution in [-0.2, 0) is 6.42 Å². The van der Waals surface area contributed by atoms with Crippen molar-refractivity contribution in [3.63, 3.8) is 0 Å². The first-order valence-electron chi connectivity index (χ1n) is 7.26. The zero-order chi connectivity index (χ0) is 13.1. The lowest BCUT2D eigenvalue weighted by molar-refractivity contribution is 0.399. The average molecular weight is 255 g/mol. The molecular weight excluding hydrogens is 234 g/mol. The Morgan fingerprint density at radius 1 is 1.21 bits per heavy atom. The van der Waals surface area contributed by atoms with Crippen molar-refractivity contribution in [3.05, 3.63) is 41.9 Å². The van der Waals surface area contributed by atoms with Crippen LogP contribution < -0.4 is 5.32 Å². The van der Waals surface area contributed by atoms with Crippen molar-refractivity contribution in [3.8, 4) is 11.3 Å². The normalized spacial score (nSPS) is 19.5. The van der Waals surface area contributed by atoms with E-state index in [1.807, 2.05) is 6.07 Å². The smallest absolute Gasteiger partial charge is 0.124 e. The van der Waals surface area contributed by atoms with Crippen LogP contribution in [0.3, 0.4) is 0 Å². The van der Waals surface area contributed by atoms with E-state index in [-0.39, 0.29) is 0 Å². The van der Waals surface area contributed by atoms with Crippen LogP contribution in [-0.4, -0.2) is 16.5 Å². The number of aryl methyl sites for hydroxylation is 1. The van der Waals surface area contributed by atoms with E-state index < -0.39 is 0 Å². The number of piperidine rings is 1. The molecule has 3 heteroatoms. The molecule has 0 aliphatic carbocycles. The largest absolute Gasteiger partial charge is 0.344 e. The molecule has 1 aromatic heterocycles. The first-order valence-corrected chi connectivity index (χ1v) is 7.26. The molecule has 1 aliphatic heterocycles. The molecule has 2 aromatic rings. The summed E-state index contributed by atoms with van der Waals surface area (Å²) in [6.07, 6.45) is 4.75. The third-order valence-electron chi connectivity index (χ3n) is 3.84. The topological polar surface area (TPSA) is 40.7 Å². The van der Waals surface area contributed by atoms with E-state index in [2.05, 4.69) is 41.5 Å². The molecule has 3 rings (SSSR count). The van der Waals surface area contributed by atoms with E-state index in [4.69, 9.17) is 4.98 Å². The number of imidazole rings is 1. The molecule has 3 nitrogen and oxygen atoms in total. The quantitative estimate of drug-likeness (QED) is 0.882. The Morgan fingerprint density at radius 2 is 2.05 bits per heavy atom. The predicted molar refractivity (Wildman–Crippen MR) is 78.0 cm³/mol. The molecule has 19 heavy (non-hydrogen) atoms. The third-order valence-corrected chi connectivity index (χ3v) is 3.84. The van der Waals surface area contributed by atoms with E-state index in [0.29, 0.717) is 6.04 Å². The molecule has 1 aromatic carbocycles. The lowest BCUT2D eigenvalue weighted by Gasteiger charge is -2.21. The van der Waals surface area contributed by atoms with Gasteiger partial charge in [-0.25, -0.2) is 4.98 Å². The van der Waals surface area contributed by atoms with Gasteiger partial charge in [0.1, 0.15) is 5.82 Å². The highest BCUT2D eigenvalue weighted by molar-refractivity contribution is 5.62. The maximum Gasteiger partial charge on any atom is 0.124 e. The van der Waals surface area contributed by atoms with Gasteiger partial charge in [0, 0.05) is 11.3 Å². The van der Waals surface area contributed by atoms with Gasteiger partial charge in [-0.2, -0.15) is 0 Å². The van der Waals surface area contributed by atoms with Gasteiger partial charge in [0.05, 0.1) is 11.7 Å². The van der Waals surface area contributed by atoms with Gasteiger partial charge in [-0.3, -0.25) is 0 Å². The van der Waals surface area contributed by atoms with Crippen LogP contribution in [0.25, 0.3) is 11.3 Å². The molecule has 0 spiro atoms. The molecule has 0 saturated carbocycles. The molecule has 1 unspecified atom stereocenters. The maximum absolute atomic E-state index is 4.86. The van der Waals surface area contributed by atoms with E-state index >= 15 is 0 Å². The highest BCUT2D eigenvalue weighted by atomic mass is 15.0. The number of hydrogen-bond donors (Lipinski definition) is 2. The molecule has 100 valence electrons. The minimum Gasteiger partial charge on any atom is -0.344 e. The summed E-state index contributed by atoms with van der Waals surface area (Å²) in [5, 5.41) is 3.56. The Labute approximate surface area is 114 Å². The fourth-order valence-electron chi connectivity index (χ4n) is 2.77. The number of H-pyrrole nitrogens is 1. The van der Waals surface area contributed by atoms with Gasteiger partial charge in [-0.15, -0.1) is 0 Å². The minimum atomic E-state index is 0.400. The average Bonchev–Trinajstić information content (AvgIpc) is 2.93. The van der Waals surface area contributed by atoms with E-state index in [9.17, 15) is 0 Å². The zero-order valence-electron chi connectivity index (χ0n) is 11.4. The van der Waals surface area contributed by atoms with Crippen LogP contribution in [0, 0.1) is 0 Å². The number of rotatable bonds is 3. The number of nitrogens with one attached hydrogen (secondary N) is 2. The molecule has 1 saturated heterocycles. The lowest BCUT2D eigenvalue weighted by atomic mass is 10.0. The molecule has 1 fully saturated rings. The number of hydrogen-bond acceptors (Lipinski definition) is 2. The highest BCUT2D eigenvalue weighted by Crippen LogP contribution is 2.27. The van der Waals surface area contributed by atoms with Crippen molar-refractivity contribution in [2.24, 2.45) is 0 Å². The van der Waals surface area contributed by atoms with Crippen molar-refractivity contribution in [2.75, 3.05) is 6.54 Å². The first-order chi connectivity index (χ1) is 9.38. The molecule has 2 N–H and O–H groups in total. The molecule has 1 aliphatic rings. The Morgan fingerprint density at radius 3 is 2.74 bits per heavy atom. The summed E-state index contributed by atoms with van der Waals surface area (Å²) in [6, 6.07) is 10.9. The Kier molecular flexibility index (Phi) is 3.65. The summed E-state index contributed by atoms with van der Waals surface area (Å²) >= 11 is 0. The van der Waals surface area contributed by atoms with Crippen molar-refractivity contribution in [1.29, 1.82) is 0 Å². The summed E-state index contributed by atoms with van der Waals surface area (Å²) in [5.41, 5.74) is 3.57. The Hall–Kier alpha value is -1.61. The van der Waals surface area contributed by atoms with Crippen LogP contribution in [0.4, 0.5) is 0 Å². The van der Waals surface area contributed by atoms with Crippen LogP contribution in [0.5, 0.6) is 0 Å². The van der Waals surface area contributed by atoms with Gasteiger partial charge in [0.25, 0.3) is 0 Å². The van der Waals surface area contributed by atoms with E-state index in [1.54, 1.807) is 0 Å². The summed E-state index contributed by atoms with van der Waals surface area (Å²) < 4.78 is 0. The Bertz CT molecular complexity index is 524. The lowest BCUT2D eigenvalue weighted by Crippen LogP contribution is -2.27. The third kappa shape index (κ3) is 2.56. The second-order valence-corrected chi connectivity index (χ2v) is 5.17. The van der Waals surface area contributed by atoms with Crippen molar-refractivity contribution < 1.29 is 0 Å². The summed E-state index contributed by atoms with van der Waals surface area (Å²) in [5.74, 6) is 1.11. The second-order valence-electron chi connectivity index (χ2n) is 5.17. The number of aromatic amines is 1. The summed E-state index contributed by atoms with van der Waals surface area (Å²) in [6.45, 7) is 3.28. The maximum atomic E-state index is 4.86. The predicted octanol–water partition coefficient (Wildman–Crippen LogP) is 3.45. The van der Waals surface area contributed by atoms with Crippen LogP contribution in [0.1, 0.15) is 43.7 Å². The Balaban J connectivity index is 1.94. The van der Waals surface area contributed by atoms with E-state index in [0.717, 1.165) is 24.5 Å². The standard InChI is InChI=1S/C16H21N3/c1-2-13-15(12-8-4-3-5-9-12)19-16(18-13)14-10-6-7-11-17-14/h3-5,8-9,14,17H,2,6-7,10-11H2,1H3,(H,18,19). The van der Waals surface area contributed by atoms with Crippen LogP contribution in [0.15, 0.2) is 30.3 Å². The highest BCUT2D eigenvalue weighted by Gasteiger charge is 2.20. The molecule has 0 bridgehead atoms. The van der Waals surface area contributed by atoms with Gasteiger partial charge in [0.2, 0.25) is 0 Å². The first kappa shape index (κ1) is 12.4. The molecule has 2 heterocycles. The number of benzene rings is 1. The monoisotopic (exact) mass is 255 g/mol. The fourth-order valence-corrected chi connectivity index (χ4v) is 2.77. The molecule has 0 radical (unpaired) electrons. The SMILES string of the molecule is CCc1[nH]c(C2CCCCN2)nc1-c1ccccc1. The fraction of sp³-hybridized carbons (Fsp3) is 0.438. The summed E-state index contributed by atoms with van der Waals surface area (Å²) in [4.78, 5) is 8.38. The van der Waals surface area contributed by atoms with E-state index in [1.165, 1.54) is 30.5 Å². The van der Waals surface area contributed by atoms with Crippen LogP contribution >= 0.6 is 0 Å². The molecular formula is C16H21N3. The number of nitrogens with zero attached hydrogens (tertiary/aromatic N) is 1. The number of aromatic nitrogens is 2. The van der Waals surface area contributed by atoms with Gasteiger partial charge in [-0.05, 0) is 25.8 Å². The van der Waals surface area contributed by atoms with Gasteiger partial charge in [0.15, 0.2) is 0 Å². The van der Waals surface area contributed by atoms with Gasteiger partial charge >= 0.3 is 0 Å². The summed E-state index contributed by atoms with van der Waals surface area (Å²) in [7, 11) is 0.